The second-order valence-corrected chi connectivity index (χ2v) is 3.15. The molecule has 15 heavy (non-hydrogen) atoms. The number of fused-ring (bicyclic) bond motifs is 1. The average Bonchev–Trinajstić information content (AvgIpc) is 2.58. The van der Waals surface area contributed by atoms with Gasteiger partial charge in [-0.1, -0.05) is 0 Å². The predicted molar refractivity (Wildman–Crippen MR) is 52.0 cm³/mol. The summed E-state index contributed by atoms with van der Waals surface area (Å²) in [6, 6.07) is 2.71. The van der Waals surface area contributed by atoms with E-state index in [9.17, 15) is 9.18 Å². The fraction of sp³-hybridized carbons (Fsp3) is 0.200. The van der Waals surface area contributed by atoms with Gasteiger partial charge < -0.3 is 4.74 Å². The second-order valence-electron chi connectivity index (χ2n) is 3.15. The van der Waals surface area contributed by atoms with Crippen molar-refractivity contribution in [3.63, 3.8) is 0 Å². The number of nitrogens with zero attached hydrogens (tertiary/aromatic N) is 2. The van der Waals surface area contributed by atoms with Gasteiger partial charge in [-0.2, -0.15) is 5.10 Å². The van der Waals surface area contributed by atoms with Crippen LogP contribution in [0.5, 0.6) is 0 Å². The lowest BCUT2D eigenvalue weighted by Crippen LogP contribution is -2.04. The minimum Gasteiger partial charge on any atom is -0.465 e. The number of hydrogen-bond donors (Lipinski definition) is 0. The third kappa shape index (κ3) is 1.45. The number of esters is 1. The van der Waals surface area contributed by atoms with E-state index in [0.29, 0.717) is 10.9 Å². The first-order valence-electron chi connectivity index (χ1n) is 4.33. The van der Waals surface area contributed by atoms with Crippen molar-refractivity contribution < 1.29 is 13.9 Å². The van der Waals surface area contributed by atoms with Gasteiger partial charge in [-0.25, -0.2) is 9.18 Å². The molecule has 0 unspecified atom stereocenters. The fourth-order valence-corrected chi connectivity index (χ4v) is 1.44. The molecule has 0 saturated carbocycles. The van der Waals surface area contributed by atoms with Crippen LogP contribution in [0.1, 0.15) is 10.4 Å². The molecule has 0 saturated heterocycles. The van der Waals surface area contributed by atoms with E-state index in [2.05, 4.69) is 9.84 Å². The Morgan fingerprint density at radius 3 is 2.93 bits per heavy atom. The van der Waals surface area contributed by atoms with Crippen LogP contribution in [-0.2, 0) is 11.8 Å². The number of ether oxygens (including phenoxy) is 1. The topological polar surface area (TPSA) is 44.1 Å². The van der Waals surface area contributed by atoms with Crippen molar-refractivity contribution in [1.29, 1.82) is 0 Å². The molecular formula is C10H9FN2O2. The first-order chi connectivity index (χ1) is 7.13. The van der Waals surface area contributed by atoms with E-state index in [-0.39, 0.29) is 5.56 Å². The zero-order chi connectivity index (χ0) is 11.0. The minimum atomic E-state index is -0.682. The van der Waals surface area contributed by atoms with Crippen molar-refractivity contribution in [1.82, 2.24) is 9.78 Å². The molecule has 0 spiro atoms. The molecule has 0 atom stereocenters. The van der Waals surface area contributed by atoms with Crippen LogP contribution in [0.4, 0.5) is 4.39 Å². The maximum Gasteiger partial charge on any atom is 0.340 e. The summed E-state index contributed by atoms with van der Waals surface area (Å²) in [5.41, 5.74) is 0.568. The van der Waals surface area contributed by atoms with E-state index in [1.165, 1.54) is 19.2 Å². The monoisotopic (exact) mass is 208 g/mol. The molecule has 1 aromatic carbocycles. The maximum atomic E-state index is 13.5. The summed E-state index contributed by atoms with van der Waals surface area (Å²) < 4.78 is 19.5. The van der Waals surface area contributed by atoms with E-state index in [1.54, 1.807) is 17.9 Å². The Balaban J connectivity index is 2.68. The third-order valence-electron chi connectivity index (χ3n) is 2.24. The van der Waals surface area contributed by atoms with Gasteiger partial charge in [0.1, 0.15) is 5.82 Å². The highest BCUT2D eigenvalue weighted by atomic mass is 19.1. The van der Waals surface area contributed by atoms with Crippen molar-refractivity contribution in [2.75, 3.05) is 7.11 Å². The number of aryl methyl sites for hydroxylation is 1. The van der Waals surface area contributed by atoms with E-state index in [4.69, 9.17) is 0 Å². The van der Waals surface area contributed by atoms with E-state index >= 15 is 0 Å². The SMILES string of the molecule is COC(=O)c1cc2cnn(C)c2cc1F. The Hall–Kier alpha value is -1.91. The molecule has 0 aliphatic carbocycles. The Morgan fingerprint density at radius 2 is 2.27 bits per heavy atom. The number of rotatable bonds is 1. The Bertz CT molecular complexity index is 533. The standard InChI is InChI=1S/C10H9FN2O2/c1-13-9-4-8(11)7(10(14)15-2)3-6(9)5-12-13/h3-5H,1-2H3. The lowest BCUT2D eigenvalue weighted by Gasteiger charge is -2.01. The van der Waals surface area contributed by atoms with Gasteiger partial charge >= 0.3 is 5.97 Å². The van der Waals surface area contributed by atoms with Gasteiger partial charge in [0.05, 0.1) is 24.4 Å². The smallest absolute Gasteiger partial charge is 0.340 e. The maximum absolute atomic E-state index is 13.5. The van der Waals surface area contributed by atoms with Crippen molar-refractivity contribution in [3.8, 4) is 0 Å². The van der Waals surface area contributed by atoms with Crippen molar-refractivity contribution in [2.24, 2.45) is 7.05 Å². The van der Waals surface area contributed by atoms with Crippen molar-refractivity contribution in [2.45, 2.75) is 0 Å². The van der Waals surface area contributed by atoms with Gasteiger partial charge in [0.15, 0.2) is 0 Å². The molecule has 2 rings (SSSR count). The predicted octanol–water partition coefficient (Wildman–Crippen LogP) is 1.50. The first-order valence-corrected chi connectivity index (χ1v) is 4.33. The number of aromatic nitrogens is 2. The number of benzene rings is 1. The summed E-state index contributed by atoms with van der Waals surface area (Å²) in [4.78, 5) is 11.2. The number of methoxy groups -OCH3 is 1. The molecule has 4 nitrogen and oxygen atoms in total. The van der Waals surface area contributed by atoms with E-state index in [1.807, 2.05) is 0 Å². The molecule has 0 fully saturated rings. The first kappa shape index (κ1) is 9.64. The summed E-state index contributed by atoms with van der Waals surface area (Å²) in [5, 5.41) is 4.67. The molecule has 1 aromatic heterocycles. The van der Waals surface area contributed by atoms with Crippen molar-refractivity contribution >= 4 is 16.9 Å². The van der Waals surface area contributed by atoms with Gasteiger partial charge in [-0.05, 0) is 6.07 Å². The molecule has 5 heteroatoms. The molecule has 2 aromatic rings. The zero-order valence-electron chi connectivity index (χ0n) is 8.32. The van der Waals surface area contributed by atoms with Crippen LogP contribution < -0.4 is 0 Å². The van der Waals surface area contributed by atoms with Gasteiger partial charge in [0.25, 0.3) is 0 Å². The van der Waals surface area contributed by atoms with Crippen LogP contribution in [0.15, 0.2) is 18.3 Å². The van der Waals surface area contributed by atoms with Crippen LogP contribution in [-0.4, -0.2) is 22.9 Å². The van der Waals surface area contributed by atoms with E-state index in [0.717, 1.165) is 0 Å². The van der Waals surface area contributed by atoms with Crippen LogP contribution >= 0.6 is 0 Å². The molecule has 0 radical (unpaired) electrons. The highest BCUT2D eigenvalue weighted by Gasteiger charge is 2.14. The lowest BCUT2D eigenvalue weighted by molar-refractivity contribution is 0.0596. The molecular weight excluding hydrogens is 199 g/mol. The summed E-state index contributed by atoms with van der Waals surface area (Å²) >= 11 is 0. The quantitative estimate of drug-likeness (QED) is 0.667. The van der Waals surface area contributed by atoms with Crippen LogP contribution in [0.3, 0.4) is 0 Å². The highest BCUT2D eigenvalue weighted by Crippen LogP contribution is 2.19. The van der Waals surface area contributed by atoms with Gasteiger partial charge in [-0.15, -0.1) is 0 Å². The van der Waals surface area contributed by atoms with Gasteiger partial charge in [-0.3, -0.25) is 4.68 Å². The summed E-state index contributed by atoms with van der Waals surface area (Å²) in [6.07, 6.45) is 1.57. The summed E-state index contributed by atoms with van der Waals surface area (Å²) in [6.45, 7) is 0. The molecule has 0 aliphatic rings. The summed E-state index contributed by atoms with van der Waals surface area (Å²) in [5.74, 6) is -1.28. The Labute approximate surface area is 85.3 Å². The number of carbonyl (C=O) groups is 1. The molecule has 0 N–H and O–H groups in total. The molecule has 1 heterocycles. The minimum absolute atomic E-state index is 0.0713. The zero-order valence-corrected chi connectivity index (χ0v) is 8.32. The van der Waals surface area contributed by atoms with Crippen molar-refractivity contribution in [3.05, 3.63) is 29.7 Å². The lowest BCUT2D eigenvalue weighted by atomic mass is 10.1. The second kappa shape index (κ2) is 3.34. The Morgan fingerprint density at radius 1 is 1.53 bits per heavy atom. The number of carbonyl (C=O) groups excluding carboxylic acids is 1. The average molecular weight is 208 g/mol. The van der Waals surface area contributed by atoms with Gasteiger partial charge in [0, 0.05) is 18.5 Å². The molecule has 0 aliphatic heterocycles. The van der Waals surface area contributed by atoms with Crippen LogP contribution in [0.2, 0.25) is 0 Å². The fourth-order valence-electron chi connectivity index (χ4n) is 1.44. The highest BCUT2D eigenvalue weighted by molar-refractivity contribution is 5.94. The molecule has 78 valence electrons. The largest absolute Gasteiger partial charge is 0.465 e. The molecule has 0 amide bonds. The molecule has 0 bridgehead atoms. The Kier molecular flexibility index (Phi) is 2.15. The van der Waals surface area contributed by atoms with Gasteiger partial charge in [0.2, 0.25) is 0 Å². The van der Waals surface area contributed by atoms with Crippen LogP contribution in [0.25, 0.3) is 10.9 Å². The number of halogens is 1. The van der Waals surface area contributed by atoms with E-state index < -0.39 is 11.8 Å². The summed E-state index contributed by atoms with van der Waals surface area (Å²) in [7, 11) is 2.93. The van der Waals surface area contributed by atoms with Crippen LogP contribution in [0, 0.1) is 5.82 Å². The third-order valence-corrected chi connectivity index (χ3v) is 2.24. The number of hydrogen-bond acceptors (Lipinski definition) is 3. The normalized spacial score (nSPS) is 10.6.